The second-order valence-corrected chi connectivity index (χ2v) is 2.97. The summed E-state index contributed by atoms with van der Waals surface area (Å²) < 4.78 is 24.7. The molecule has 0 saturated heterocycles. The average molecular weight is 267 g/mol. The van der Waals surface area contributed by atoms with Crippen LogP contribution in [0, 0.1) is 10.1 Å². The molecule has 0 radical (unpaired) electrons. The van der Waals surface area contributed by atoms with E-state index in [1.54, 1.807) is 0 Å². The van der Waals surface area contributed by atoms with E-state index in [9.17, 15) is 18.9 Å². The van der Waals surface area contributed by atoms with Crippen LogP contribution in [-0.2, 0) is 5.33 Å². The van der Waals surface area contributed by atoms with Gasteiger partial charge in [-0.15, -0.1) is 0 Å². The number of alkyl halides is 3. The summed E-state index contributed by atoms with van der Waals surface area (Å²) in [6.07, 6.45) is -2.80. The van der Waals surface area contributed by atoms with Gasteiger partial charge in [0.15, 0.2) is 0 Å². The Hall–Kier alpha value is -1.11. The van der Waals surface area contributed by atoms with Crippen LogP contribution in [0.15, 0.2) is 12.1 Å². The van der Waals surface area contributed by atoms with E-state index in [4.69, 9.17) is 0 Å². The van der Waals surface area contributed by atoms with Crippen molar-refractivity contribution in [1.29, 1.82) is 0 Å². The normalized spacial score (nSPS) is 10.6. The van der Waals surface area contributed by atoms with E-state index >= 15 is 0 Å². The lowest BCUT2D eigenvalue weighted by Gasteiger charge is -2.00. The highest BCUT2D eigenvalue weighted by Gasteiger charge is 2.22. The molecule has 1 rings (SSSR count). The van der Waals surface area contributed by atoms with Gasteiger partial charge in [-0.1, -0.05) is 15.9 Å². The number of rotatable bonds is 3. The number of halogens is 3. The third-order valence-electron chi connectivity index (χ3n) is 1.54. The third kappa shape index (κ3) is 2.22. The molecule has 1 aromatic heterocycles. The molecule has 0 spiro atoms. The van der Waals surface area contributed by atoms with Gasteiger partial charge in [0.05, 0.1) is 0 Å². The first-order chi connectivity index (χ1) is 6.56. The fourth-order valence-electron chi connectivity index (χ4n) is 0.897. The van der Waals surface area contributed by atoms with Gasteiger partial charge < -0.3 is 10.1 Å². The molecule has 0 amide bonds. The van der Waals surface area contributed by atoms with Gasteiger partial charge in [-0.2, -0.15) is 0 Å². The molecule has 0 aliphatic carbocycles. The van der Waals surface area contributed by atoms with Crippen LogP contribution in [0.1, 0.15) is 17.7 Å². The molecular weight excluding hydrogens is 262 g/mol. The van der Waals surface area contributed by atoms with Crippen LogP contribution in [0.25, 0.3) is 0 Å². The fraction of sp³-hybridized carbons (Fsp3) is 0.286. The van der Waals surface area contributed by atoms with E-state index in [1.165, 1.54) is 6.07 Å². The van der Waals surface area contributed by atoms with Gasteiger partial charge in [0, 0.05) is 17.0 Å². The van der Waals surface area contributed by atoms with Crippen molar-refractivity contribution in [3.63, 3.8) is 0 Å². The Morgan fingerprint density at radius 2 is 2.21 bits per heavy atom. The highest BCUT2D eigenvalue weighted by molar-refractivity contribution is 9.08. The highest BCUT2D eigenvalue weighted by Crippen LogP contribution is 2.24. The molecule has 0 atom stereocenters. The molecule has 14 heavy (non-hydrogen) atoms. The van der Waals surface area contributed by atoms with Crippen LogP contribution in [0.3, 0.4) is 0 Å². The predicted octanol–water partition coefficient (Wildman–Crippen LogP) is 2.82. The van der Waals surface area contributed by atoms with Gasteiger partial charge in [0.25, 0.3) is 0 Å². The van der Waals surface area contributed by atoms with Gasteiger partial charge in [-0.3, -0.25) is 0 Å². The van der Waals surface area contributed by atoms with E-state index in [0.29, 0.717) is 0 Å². The van der Waals surface area contributed by atoms with Crippen molar-refractivity contribution < 1.29 is 13.7 Å². The zero-order valence-electron chi connectivity index (χ0n) is 6.78. The standard InChI is InChI=1S/C7H5BrF2N2O2/c8-3-4-1-2-5(12(13)14)11-6(4)7(9)10/h1-2,7H,3H2. The molecule has 0 aliphatic rings. The summed E-state index contributed by atoms with van der Waals surface area (Å²) in [4.78, 5) is 12.7. The molecule has 0 aliphatic heterocycles. The second kappa shape index (κ2) is 4.41. The summed E-state index contributed by atoms with van der Waals surface area (Å²) in [5, 5.41) is 10.5. The maximum absolute atomic E-state index is 12.4. The number of hydrogen-bond acceptors (Lipinski definition) is 3. The average Bonchev–Trinajstić information content (AvgIpc) is 2.16. The van der Waals surface area contributed by atoms with Crippen LogP contribution in [-0.4, -0.2) is 9.91 Å². The molecule has 0 bridgehead atoms. The maximum Gasteiger partial charge on any atom is 0.363 e. The van der Waals surface area contributed by atoms with Gasteiger partial charge in [0.2, 0.25) is 5.69 Å². The number of pyridine rings is 1. The molecule has 7 heteroatoms. The van der Waals surface area contributed by atoms with Crippen molar-refractivity contribution in [2.24, 2.45) is 0 Å². The molecule has 1 aromatic rings. The van der Waals surface area contributed by atoms with Crippen LogP contribution < -0.4 is 0 Å². The van der Waals surface area contributed by atoms with E-state index in [1.807, 2.05) is 0 Å². The molecule has 0 unspecified atom stereocenters. The topological polar surface area (TPSA) is 56.0 Å². The number of nitro groups is 1. The van der Waals surface area contributed by atoms with Gasteiger partial charge in [-0.25, -0.2) is 8.78 Å². The molecule has 0 fully saturated rings. The van der Waals surface area contributed by atoms with Crippen molar-refractivity contribution in [3.8, 4) is 0 Å². The number of aromatic nitrogens is 1. The summed E-state index contributed by atoms with van der Waals surface area (Å²) in [6, 6.07) is 2.36. The fourth-order valence-corrected chi connectivity index (χ4v) is 1.37. The zero-order chi connectivity index (χ0) is 10.7. The monoisotopic (exact) mass is 266 g/mol. The van der Waals surface area contributed by atoms with Gasteiger partial charge >= 0.3 is 12.2 Å². The first-order valence-electron chi connectivity index (χ1n) is 3.54. The van der Waals surface area contributed by atoms with Crippen LogP contribution in [0.4, 0.5) is 14.6 Å². The molecule has 0 aromatic carbocycles. The van der Waals surface area contributed by atoms with Gasteiger partial charge in [0.1, 0.15) is 0 Å². The minimum absolute atomic E-state index is 0.192. The highest BCUT2D eigenvalue weighted by atomic mass is 79.9. The lowest BCUT2D eigenvalue weighted by molar-refractivity contribution is -0.389. The maximum atomic E-state index is 12.4. The lowest BCUT2D eigenvalue weighted by Crippen LogP contribution is -2.00. The zero-order valence-corrected chi connectivity index (χ0v) is 8.37. The van der Waals surface area contributed by atoms with Crippen LogP contribution in [0.2, 0.25) is 0 Å². The Labute approximate surface area is 86.2 Å². The van der Waals surface area contributed by atoms with Crippen LogP contribution in [0.5, 0.6) is 0 Å². The third-order valence-corrected chi connectivity index (χ3v) is 2.14. The van der Waals surface area contributed by atoms with Crippen molar-refractivity contribution in [2.75, 3.05) is 0 Å². The van der Waals surface area contributed by atoms with E-state index in [-0.39, 0.29) is 10.9 Å². The summed E-state index contributed by atoms with van der Waals surface area (Å²) >= 11 is 3.00. The van der Waals surface area contributed by atoms with Crippen LogP contribution >= 0.6 is 15.9 Å². The summed E-state index contributed by atoms with van der Waals surface area (Å²) in [6.45, 7) is 0. The minimum atomic E-state index is -2.80. The van der Waals surface area contributed by atoms with E-state index < -0.39 is 22.9 Å². The second-order valence-electron chi connectivity index (χ2n) is 2.41. The van der Waals surface area contributed by atoms with Crippen molar-refractivity contribution in [3.05, 3.63) is 33.5 Å². The lowest BCUT2D eigenvalue weighted by atomic mass is 10.2. The quantitative estimate of drug-likeness (QED) is 0.480. The number of hydrogen-bond donors (Lipinski definition) is 0. The van der Waals surface area contributed by atoms with Gasteiger partial charge in [-0.05, 0) is 16.0 Å². The first kappa shape index (κ1) is 11.0. The Balaban J connectivity index is 3.20. The summed E-state index contributed by atoms with van der Waals surface area (Å²) in [7, 11) is 0. The van der Waals surface area contributed by atoms with Crippen molar-refractivity contribution in [1.82, 2.24) is 4.98 Å². The Morgan fingerprint density at radius 1 is 1.57 bits per heavy atom. The smallest absolute Gasteiger partial charge is 0.358 e. The summed E-state index contributed by atoms with van der Waals surface area (Å²) in [5.41, 5.74) is -0.290. The van der Waals surface area contributed by atoms with Crippen molar-refractivity contribution >= 4 is 21.7 Å². The molecule has 76 valence electrons. The Bertz CT molecular complexity index is 360. The number of nitrogens with zero attached hydrogens (tertiary/aromatic N) is 2. The molecule has 0 saturated carbocycles. The summed E-state index contributed by atoms with van der Waals surface area (Å²) in [5.74, 6) is -0.565. The molecule has 0 N–H and O–H groups in total. The van der Waals surface area contributed by atoms with Crippen molar-refractivity contribution in [2.45, 2.75) is 11.8 Å². The predicted molar refractivity (Wildman–Crippen MR) is 48.5 cm³/mol. The first-order valence-corrected chi connectivity index (χ1v) is 4.66. The molecule has 4 nitrogen and oxygen atoms in total. The van der Waals surface area contributed by atoms with E-state index in [2.05, 4.69) is 20.9 Å². The SMILES string of the molecule is O=[N+]([O-])c1ccc(CBr)c(C(F)F)n1. The molecular formula is C7H5BrF2N2O2. The largest absolute Gasteiger partial charge is 0.363 e. The van der Waals surface area contributed by atoms with E-state index in [0.717, 1.165) is 6.07 Å². The molecule has 1 heterocycles. The Kier molecular flexibility index (Phi) is 3.45. The Morgan fingerprint density at radius 3 is 2.64 bits per heavy atom. The minimum Gasteiger partial charge on any atom is -0.358 e.